The maximum Gasteiger partial charge on any atom is 0.343 e. The van der Waals surface area contributed by atoms with Crippen molar-refractivity contribution in [3.63, 3.8) is 0 Å². The largest absolute Gasteiger partial charge is 0.479 e. The Kier molecular flexibility index (Phi) is 7.67. The van der Waals surface area contributed by atoms with Crippen LogP contribution in [0.2, 0.25) is 0 Å². The average molecular weight is 336 g/mol. The molecule has 0 amide bonds. The molecule has 0 aromatic heterocycles. The standard InChI is InChI=1S/C11H12O6.CH4O3S/c1-6-4-2-3-5-7(6)17-11(16)9(13)8(12)10(14)15;1-5(2,3)4/h2-5,8-9,12-13H,1H3,(H,14,15);1H3,(H,2,3,4). The van der Waals surface area contributed by atoms with Gasteiger partial charge in [0.15, 0.2) is 12.2 Å². The zero-order chi connectivity index (χ0) is 17.5. The van der Waals surface area contributed by atoms with Gasteiger partial charge in [-0.1, -0.05) is 18.2 Å². The lowest BCUT2D eigenvalue weighted by atomic mass is 10.2. The van der Waals surface area contributed by atoms with Crippen molar-refractivity contribution in [1.82, 2.24) is 0 Å². The molecule has 2 atom stereocenters. The molecule has 4 N–H and O–H groups in total. The van der Waals surface area contributed by atoms with Gasteiger partial charge in [-0.2, -0.15) is 8.42 Å². The fourth-order valence-electron chi connectivity index (χ4n) is 1.10. The number of benzene rings is 1. The highest BCUT2D eigenvalue weighted by Gasteiger charge is 2.31. The number of aliphatic hydroxyl groups excluding tert-OH is 2. The minimum atomic E-state index is -3.67. The molecule has 0 aliphatic carbocycles. The minimum absolute atomic E-state index is 0.203. The molecule has 0 fully saturated rings. The highest BCUT2D eigenvalue weighted by Crippen LogP contribution is 2.17. The molecule has 0 aliphatic heterocycles. The van der Waals surface area contributed by atoms with E-state index in [-0.39, 0.29) is 5.75 Å². The van der Waals surface area contributed by atoms with Gasteiger partial charge in [0.2, 0.25) is 0 Å². The molecule has 10 heteroatoms. The van der Waals surface area contributed by atoms with Crippen LogP contribution in [0.5, 0.6) is 5.75 Å². The second kappa shape index (κ2) is 8.44. The van der Waals surface area contributed by atoms with Crippen LogP contribution in [0.4, 0.5) is 0 Å². The Morgan fingerprint density at radius 1 is 1.14 bits per heavy atom. The molecule has 0 spiro atoms. The second-order valence-electron chi connectivity index (χ2n) is 4.15. The van der Waals surface area contributed by atoms with Crippen LogP contribution in [0.15, 0.2) is 24.3 Å². The number of carboxylic acid groups (broad SMARTS) is 1. The van der Waals surface area contributed by atoms with Crippen LogP contribution in [-0.2, 0) is 19.7 Å². The first-order valence-electron chi connectivity index (χ1n) is 5.72. The average Bonchev–Trinajstić information content (AvgIpc) is 2.37. The normalized spacial score (nSPS) is 13.3. The Bertz CT molecular complexity index is 615. The number of hydrogen-bond donors (Lipinski definition) is 4. The van der Waals surface area contributed by atoms with Crippen molar-refractivity contribution in [1.29, 1.82) is 0 Å². The third kappa shape index (κ3) is 8.32. The van der Waals surface area contributed by atoms with E-state index in [1.807, 2.05) is 0 Å². The van der Waals surface area contributed by atoms with Gasteiger partial charge in [-0.05, 0) is 18.6 Å². The first kappa shape index (κ1) is 20.0. The van der Waals surface area contributed by atoms with Crippen LogP contribution in [0.3, 0.4) is 0 Å². The van der Waals surface area contributed by atoms with E-state index >= 15 is 0 Å². The highest BCUT2D eigenvalue weighted by atomic mass is 32.2. The Hall–Kier alpha value is -2.01. The van der Waals surface area contributed by atoms with Crippen molar-refractivity contribution < 1.29 is 42.6 Å². The predicted octanol–water partition coefficient (Wildman–Crippen LogP) is -0.789. The first-order valence-corrected chi connectivity index (χ1v) is 7.57. The van der Waals surface area contributed by atoms with Gasteiger partial charge in [0.05, 0.1) is 6.26 Å². The number of carbonyl (C=O) groups is 2. The smallest absolute Gasteiger partial charge is 0.343 e. The Morgan fingerprint density at radius 3 is 2.00 bits per heavy atom. The van der Waals surface area contributed by atoms with Gasteiger partial charge in [0, 0.05) is 0 Å². The summed E-state index contributed by atoms with van der Waals surface area (Å²) in [6.07, 6.45) is -3.61. The minimum Gasteiger partial charge on any atom is -0.479 e. The molecule has 9 nitrogen and oxygen atoms in total. The van der Waals surface area contributed by atoms with Gasteiger partial charge < -0.3 is 20.1 Å². The summed E-state index contributed by atoms with van der Waals surface area (Å²) in [5.41, 5.74) is 0.651. The maximum absolute atomic E-state index is 11.3. The van der Waals surface area contributed by atoms with Gasteiger partial charge in [-0.3, -0.25) is 4.55 Å². The molecule has 2 unspecified atom stereocenters. The zero-order valence-electron chi connectivity index (χ0n) is 11.7. The van der Waals surface area contributed by atoms with Crippen LogP contribution >= 0.6 is 0 Å². The van der Waals surface area contributed by atoms with E-state index in [1.54, 1.807) is 25.1 Å². The molecule has 124 valence electrons. The first-order chi connectivity index (χ1) is 9.93. The summed E-state index contributed by atoms with van der Waals surface area (Å²) in [4.78, 5) is 21.7. The van der Waals surface area contributed by atoms with Crippen LogP contribution < -0.4 is 4.74 Å². The summed E-state index contributed by atoms with van der Waals surface area (Å²) in [7, 11) is -3.67. The van der Waals surface area contributed by atoms with E-state index in [9.17, 15) is 23.1 Å². The van der Waals surface area contributed by atoms with E-state index in [1.165, 1.54) is 6.07 Å². The van der Waals surface area contributed by atoms with Crippen molar-refractivity contribution in [2.75, 3.05) is 6.26 Å². The van der Waals surface area contributed by atoms with Crippen LogP contribution in [0, 0.1) is 6.92 Å². The summed E-state index contributed by atoms with van der Waals surface area (Å²) < 4.78 is 30.6. The number of esters is 1. The third-order valence-corrected chi connectivity index (χ3v) is 2.10. The SMILES string of the molecule is CS(=O)(=O)O.Cc1ccccc1OC(=O)C(O)C(O)C(=O)O. The molecular formula is C12H16O9S. The van der Waals surface area contributed by atoms with E-state index < -0.39 is 34.3 Å². The Balaban J connectivity index is 0.000000763. The predicted molar refractivity (Wildman–Crippen MR) is 73.9 cm³/mol. The molecule has 0 aliphatic rings. The number of aryl methyl sites for hydroxylation is 1. The van der Waals surface area contributed by atoms with Crippen LogP contribution in [0.25, 0.3) is 0 Å². The molecule has 0 heterocycles. The number of para-hydroxylation sites is 1. The Labute approximate surface area is 126 Å². The van der Waals surface area contributed by atoms with Gasteiger partial charge in [-0.15, -0.1) is 0 Å². The molecule has 0 radical (unpaired) electrons. The van der Waals surface area contributed by atoms with Crippen molar-refractivity contribution in [3.05, 3.63) is 29.8 Å². The summed E-state index contributed by atoms with van der Waals surface area (Å²) in [5, 5.41) is 26.6. The molecule has 0 bridgehead atoms. The van der Waals surface area contributed by atoms with Crippen molar-refractivity contribution in [2.45, 2.75) is 19.1 Å². The molecule has 1 rings (SSSR count). The van der Waals surface area contributed by atoms with E-state index in [0.717, 1.165) is 0 Å². The number of rotatable bonds is 4. The second-order valence-corrected chi connectivity index (χ2v) is 5.61. The van der Waals surface area contributed by atoms with Crippen molar-refractivity contribution >= 4 is 22.1 Å². The molecule has 1 aromatic carbocycles. The maximum atomic E-state index is 11.3. The highest BCUT2D eigenvalue weighted by molar-refractivity contribution is 7.85. The molecular weight excluding hydrogens is 320 g/mol. The van der Waals surface area contributed by atoms with E-state index in [0.29, 0.717) is 11.8 Å². The molecule has 0 saturated heterocycles. The van der Waals surface area contributed by atoms with Gasteiger partial charge in [0.1, 0.15) is 5.75 Å². The number of hydrogen-bond acceptors (Lipinski definition) is 7. The van der Waals surface area contributed by atoms with Crippen molar-refractivity contribution in [3.8, 4) is 5.75 Å². The number of aliphatic hydroxyl groups is 2. The van der Waals surface area contributed by atoms with Crippen molar-refractivity contribution in [2.24, 2.45) is 0 Å². The number of carboxylic acids is 1. The zero-order valence-corrected chi connectivity index (χ0v) is 12.5. The van der Waals surface area contributed by atoms with Gasteiger partial charge >= 0.3 is 11.9 Å². The fourth-order valence-corrected chi connectivity index (χ4v) is 1.10. The van der Waals surface area contributed by atoms with Gasteiger partial charge in [0.25, 0.3) is 10.1 Å². The molecule has 22 heavy (non-hydrogen) atoms. The molecule has 1 aromatic rings. The lowest BCUT2D eigenvalue weighted by molar-refractivity contribution is -0.164. The molecule has 0 saturated carbocycles. The quantitative estimate of drug-likeness (QED) is 0.314. The van der Waals surface area contributed by atoms with Gasteiger partial charge in [-0.25, -0.2) is 9.59 Å². The third-order valence-electron chi connectivity index (χ3n) is 2.10. The van der Waals surface area contributed by atoms with Crippen LogP contribution in [-0.4, -0.2) is 58.7 Å². The van der Waals surface area contributed by atoms with E-state index in [4.69, 9.17) is 19.5 Å². The summed E-state index contributed by atoms with van der Waals surface area (Å²) in [6.45, 7) is 1.68. The lowest BCUT2D eigenvalue weighted by Crippen LogP contribution is -2.41. The number of aliphatic carboxylic acids is 1. The summed E-state index contributed by atoms with van der Waals surface area (Å²) in [5.74, 6) is -2.71. The number of ether oxygens (including phenoxy) is 1. The monoisotopic (exact) mass is 336 g/mol. The summed E-state index contributed by atoms with van der Waals surface area (Å²) in [6, 6.07) is 6.53. The Morgan fingerprint density at radius 2 is 1.59 bits per heavy atom. The lowest BCUT2D eigenvalue weighted by Gasteiger charge is -2.13. The summed E-state index contributed by atoms with van der Waals surface area (Å²) >= 11 is 0. The number of carbonyl (C=O) groups excluding carboxylic acids is 1. The van der Waals surface area contributed by atoms with E-state index in [2.05, 4.69) is 0 Å². The topological polar surface area (TPSA) is 158 Å². The van der Waals surface area contributed by atoms with Crippen LogP contribution in [0.1, 0.15) is 5.56 Å². The fraction of sp³-hybridized carbons (Fsp3) is 0.333.